The second kappa shape index (κ2) is 5.13. The summed E-state index contributed by atoms with van der Waals surface area (Å²) in [6.07, 6.45) is 2.06. The van der Waals surface area contributed by atoms with Crippen molar-refractivity contribution in [1.29, 1.82) is 0 Å². The minimum Gasteiger partial charge on any atom is -0.294 e. The van der Waals surface area contributed by atoms with Gasteiger partial charge in [-0.05, 0) is 26.0 Å². The molecule has 0 bridgehead atoms. The SMILES string of the molecule is Cc1nc(CC(=O)c2cccc3cccnc23)sc1C. The molecule has 100 valence electrons. The molecule has 1 aromatic carbocycles. The van der Waals surface area contributed by atoms with Crippen molar-refractivity contribution < 1.29 is 4.79 Å². The van der Waals surface area contributed by atoms with E-state index in [-0.39, 0.29) is 5.78 Å². The maximum absolute atomic E-state index is 12.5. The number of pyridine rings is 1. The molecule has 0 radical (unpaired) electrons. The first-order valence-electron chi connectivity index (χ1n) is 6.45. The average Bonchev–Trinajstić information content (AvgIpc) is 2.76. The van der Waals surface area contributed by atoms with Crippen molar-refractivity contribution in [3.05, 3.63) is 57.7 Å². The first-order valence-corrected chi connectivity index (χ1v) is 7.26. The Bertz CT molecular complexity index is 767. The number of carbonyl (C=O) groups is 1. The molecular weight excluding hydrogens is 268 g/mol. The molecule has 4 heteroatoms. The normalized spacial score (nSPS) is 10.9. The smallest absolute Gasteiger partial charge is 0.171 e. The molecule has 0 fully saturated rings. The van der Waals surface area contributed by atoms with Crippen LogP contribution in [-0.4, -0.2) is 15.8 Å². The number of aryl methyl sites for hydroxylation is 2. The van der Waals surface area contributed by atoms with Crippen LogP contribution in [-0.2, 0) is 6.42 Å². The summed E-state index contributed by atoms with van der Waals surface area (Å²) in [5.74, 6) is 0.0723. The zero-order valence-electron chi connectivity index (χ0n) is 11.4. The van der Waals surface area contributed by atoms with Gasteiger partial charge in [0.05, 0.1) is 17.6 Å². The van der Waals surface area contributed by atoms with Crippen LogP contribution in [0, 0.1) is 13.8 Å². The molecule has 3 rings (SSSR count). The lowest BCUT2D eigenvalue weighted by molar-refractivity contribution is 0.0994. The Balaban J connectivity index is 1.96. The number of rotatable bonds is 3. The number of hydrogen-bond donors (Lipinski definition) is 0. The van der Waals surface area contributed by atoms with E-state index in [9.17, 15) is 4.79 Å². The molecule has 3 nitrogen and oxygen atoms in total. The van der Waals surface area contributed by atoms with E-state index in [0.29, 0.717) is 12.0 Å². The van der Waals surface area contributed by atoms with Gasteiger partial charge in [0.15, 0.2) is 5.78 Å². The lowest BCUT2D eigenvalue weighted by Crippen LogP contribution is -2.04. The molecule has 0 saturated carbocycles. The quantitative estimate of drug-likeness (QED) is 0.687. The largest absolute Gasteiger partial charge is 0.294 e. The monoisotopic (exact) mass is 282 g/mol. The molecule has 2 heterocycles. The van der Waals surface area contributed by atoms with Crippen molar-refractivity contribution in [1.82, 2.24) is 9.97 Å². The van der Waals surface area contributed by atoms with E-state index in [2.05, 4.69) is 9.97 Å². The molecule has 0 spiro atoms. The molecule has 0 atom stereocenters. The maximum Gasteiger partial charge on any atom is 0.171 e. The van der Waals surface area contributed by atoms with Gasteiger partial charge in [-0.1, -0.05) is 18.2 Å². The van der Waals surface area contributed by atoms with Gasteiger partial charge in [0.2, 0.25) is 0 Å². The Kier molecular flexibility index (Phi) is 3.32. The van der Waals surface area contributed by atoms with Crippen molar-refractivity contribution in [2.24, 2.45) is 0 Å². The highest BCUT2D eigenvalue weighted by Gasteiger charge is 2.14. The highest BCUT2D eigenvalue weighted by atomic mass is 32.1. The van der Waals surface area contributed by atoms with Gasteiger partial charge in [0.25, 0.3) is 0 Å². The molecule has 0 N–H and O–H groups in total. The summed E-state index contributed by atoms with van der Waals surface area (Å²) >= 11 is 1.59. The van der Waals surface area contributed by atoms with Crippen LogP contribution >= 0.6 is 11.3 Å². The number of fused-ring (bicyclic) bond motifs is 1. The van der Waals surface area contributed by atoms with Crippen LogP contribution in [0.1, 0.15) is 25.9 Å². The predicted octanol–water partition coefficient (Wildman–Crippen LogP) is 3.73. The zero-order chi connectivity index (χ0) is 14.1. The Hall–Kier alpha value is -2.07. The summed E-state index contributed by atoms with van der Waals surface area (Å²) in [4.78, 5) is 22.4. The Morgan fingerprint density at radius 3 is 2.75 bits per heavy atom. The summed E-state index contributed by atoms with van der Waals surface area (Å²) < 4.78 is 0. The first kappa shape index (κ1) is 12.9. The topological polar surface area (TPSA) is 42.9 Å². The first-order chi connectivity index (χ1) is 9.65. The lowest BCUT2D eigenvalue weighted by atomic mass is 10.0. The molecule has 0 unspecified atom stereocenters. The van der Waals surface area contributed by atoms with Crippen molar-refractivity contribution >= 4 is 28.0 Å². The fraction of sp³-hybridized carbons (Fsp3) is 0.188. The molecule has 3 aromatic rings. The van der Waals surface area contributed by atoms with Crippen LogP contribution in [0.3, 0.4) is 0 Å². The van der Waals surface area contributed by atoms with Crippen molar-refractivity contribution in [3.8, 4) is 0 Å². The predicted molar refractivity (Wildman–Crippen MR) is 81.4 cm³/mol. The van der Waals surface area contributed by atoms with Gasteiger partial charge in [-0.25, -0.2) is 4.98 Å². The second-order valence-electron chi connectivity index (χ2n) is 4.73. The Morgan fingerprint density at radius 2 is 2.00 bits per heavy atom. The number of benzene rings is 1. The number of hydrogen-bond acceptors (Lipinski definition) is 4. The van der Waals surface area contributed by atoms with Crippen LogP contribution in [0.2, 0.25) is 0 Å². The zero-order valence-corrected chi connectivity index (χ0v) is 12.2. The molecule has 20 heavy (non-hydrogen) atoms. The number of nitrogens with zero attached hydrogens (tertiary/aromatic N) is 2. The Labute approximate surface area is 121 Å². The molecule has 0 aliphatic carbocycles. The highest BCUT2D eigenvalue weighted by molar-refractivity contribution is 7.11. The summed E-state index contributed by atoms with van der Waals surface area (Å²) in [7, 11) is 0. The summed E-state index contributed by atoms with van der Waals surface area (Å²) in [6.45, 7) is 4.00. The van der Waals surface area contributed by atoms with Crippen molar-refractivity contribution in [2.75, 3.05) is 0 Å². The minimum absolute atomic E-state index is 0.0723. The van der Waals surface area contributed by atoms with Gasteiger partial charge in [-0.3, -0.25) is 9.78 Å². The van der Waals surface area contributed by atoms with Gasteiger partial charge >= 0.3 is 0 Å². The van der Waals surface area contributed by atoms with Gasteiger partial charge in [-0.15, -0.1) is 11.3 Å². The van der Waals surface area contributed by atoms with Crippen LogP contribution in [0.4, 0.5) is 0 Å². The average molecular weight is 282 g/mol. The maximum atomic E-state index is 12.5. The molecule has 0 amide bonds. The molecule has 0 saturated heterocycles. The number of para-hydroxylation sites is 1. The highest BCUT2D eigenvalue weighted by Crippen LogP contribution is 2.21. The fourth-order valence-corrected chi connectivity index (χ4v) is 3.11. The van der Waals surface area contributed by atoms with Gasteiger partial charge < -0.3 is 0 Å². The second-order valence-corrected chi connectivity index (χ2v) is 6.02. The number of thiazole rings is 1. The van der Waals surface area contributed by atoms with E-state index in [4.69, 9.17) is 0 Å². The van der Waals surface area contributed by atoms with E-state index in [0.717, 1.165) is 21.6 Å². The van der Waals surface area contributed by atoms with E-state index < -0.39 is 0 Å². The van der Waals surface area contributed by atoms with Crippen LogP contribution < -0.4 is 0 Å². The number of ketones is 1. The number of Topliss-reactive ketones (excluding diaryl/α,β-unsaturated/α-hetero) is 1. The lowest BCUT2D eigenvalue weighted by Gasteiger charge is -2.03. The van der Waals surface area contributed by atoms with Gasteiger partial charge in [-0.2, -0.15) is 0 Å². The Morgan fingerprint density at radius 1 is 1.20 bits per heavy atom. The third-order valence-corrected chi connectivity index (χ3v) is 4.39. The van der Waals surface area contributed by atoms with Crippen LogP contribution in [0.5, 0.6) is 0 Å². The molecular formula is C16H14N2OS. The molecule has 2 aromatic heterocycles. The minimum atomic E-state index is 0.0723. The van der Waals surface area contributed by atoms with E-state index in [1.54, 1.807) is 17.5 Å². The van der Waals surface area contributed by atoms with Gasteiger partial charge in [0, 0.05) is 22.0 Å². The van der Waals surface area contributed by atoms with Crippen LogP contribution in [0.15, 0.2) is 36.5 Å². The van der Waals surface area contributed by atoms with Crippen LogP contribution in [0.25, 0.3) is 10.9 Å². The van der Waals surface area contributed by atoms with Gasteiger partial charge in [0.1, 0.15) is 5.01 Å². The third-order valence-electron chi connectivity index (χ3n) is 3.32. The van der Waals surface area contributed by atoms with E-state index >= 15 is 0 Å². The summed E-state index contributed by atoms with van der Waals surface area (Å²) in [5.41, 5.74) is 2.45. The fourth-order valence-electron chi connectivity index (χ4n) is 2.18. The van der Waals surface area contributed by atoms with Crippen molar-refractivity contribution in [2.45, 2.75) is 20.3 Å². The number of carbonyl (C=O) groups excluding carboxylic acids is 1. The summed E-state index contributed by atoms with van der Waals surface area (Å²) in [5, 5.41) is 1.86. The van der Waals surface area contributed by atoms with E-state index in [1.165, 1.54) is 4.88 Å². The van der Waals surface area contributed by atoms with E-state index in [1.807, 2.05) is 44.2 Å². The van der Waals surface area contributed by atoms with Crippen molar-refractivity contribution in [3.63, 3.8) is 0 Å². The standard InChI is InChI=1S/C16H14N2OS/c1-10-11(2)20-15(18-10)9-14(19)13-7-3-5-12-6-4-8-17-16(12)13/h3-8H,9H2,1-2H3. The molecule has 0 aliphatic rings. The molecule has 0 aliphatic heterocycles. The summed E-state index contributed by atoms with van der Waals surface area (Å²) in [6, 6.07) is 9.55. The number of aromatic nitrogens is 2. The third kappa shape index (κ3) is 2.34.